The fourth-order valence-electron chi connectivity index (χ4n) is 4.09. The number of nitrogens with zero attached hydrogens (tertiary/aromatic N) is 4. The van der Waals surface area contributed by atoms with E-state index in [4.69, 9.17) is 14.7 Å². The number of carbonyl (C=O) groups is 1. The van der Waals surface area contributed by atoms with Crippen molar-refractivity contribution < 1.29 is 9.53 Å². The lowest BCUT2D eigenvalue weighted by Gasteiger charge is -2.11. The van der Waals surface area contributed by atoms with Gasteiger partial charge in [-0.1, -0.05) is 12.1 Å². The largest absolute Gasteiger partial charge is 0.496 e. The maximum absolute atomic E-state index is 13.0. The Morgan fingerprint density at radius 1 is 1.03 bits per heavy atom. The molecule has 0 fully saturated rings. The molecule has 0 aliphatic rings. The highest BCUT2D eigenvalue weighted by atomic mass is 32.1. The number of H-pyrrole nitrogens is 1. The second-order valence-corrected chi connectivity index (χ2v) is 9.25. The number of anilines is 3. The molecule has 0 radical (unpaired) electrons. The van der Waals surface area contributed by atoms with Gasteiger partial charge in [0, 0.05) is 27.9 Å². The predicted molar refractivity (Wildman–Crippen MR) is 146 cm³/mol. The van der Waals surface area contributed by atoms with Crippen LogP contribution in [0.5, 0.6) is 5.75 Å². The quantitative estimate of drug-likeness (QED) is 0.255. The SMILES string of the molecule is COc1ccc(Nc2nc(-c3cccc(C(=O)Nc4ccc5[nH]ncc5c4)c3)nc3scnc23)cc1C. The summed E-state index contributed by atoms with van der Waals surface area (Å²) in [5.41, 5.74) is 7.11. The minimum atomic E-state index is -0.226. The molecular weight excluding hydrogens is 486 g/mol. The fourth-order valence-corrected chi connectivity index (χ4v) is 4.75. The van der Waals surface area contributed by atoms with Crippen LogP contribution in [0.1, 0.15) is 15.9 Å². The van der Waals surface area contributed by atoms with Crippen molar-refractivity contribution in [2.45, 2.75) is 6.92 Å². The number of thiazole rings is 1. The molecule has 10 heteroatoms. The average Bonchev–Trinajstić information content (AvgIpc) is 3.58. The number of aromatic amines is 1. The van der Waals surface area contributed by atoms with Crippen LogP contribution in [0.25, 0.3) is 32.6 Å². The lowest BCUT2D eigenvalue weighted by Crippen LogP contribution is -2.12. The first-order chi connectivity index (χ1) is 18.1. The van der Waals surface area contributed by atoms with Crippen molar-refractivity contribution in [2.24, 2.45) is 0 Å². The lowest BCUT2D eigenvalue weighted by molar-refractivity contribution is 0.102. The number of methoxy groups -OCH3 is 1. The van der Waals surface area contributed by atoms with Crippen molar-refractivity contribution in [1.29, 1.82) is 0 Å². The first-order valence-electron chi connectivity index (χ1n) is 11.5. The smallest absolute Gasteiger partial charge is 0.255 e. The van der Waals surface area contributed by atoms with Crippen molar-refractivity contribution in [3.63, 3.8) is 0 Å². The molecule has 6 rings (SSSR count). The first kappa shape index (κ1) is 22.6. The molecule has 3 aromatic heterocycles. The predicted octanol–water partition coefficient (Wildman–Crippen LogP) is 5.94. The Hall–Kier alpha value is -4.83. The van der Waals surface area contributed by atoms with Crippen LogP contribution in [0.4, 0.5) is 17.2 Å². The number of amides is 1. The van der Waals surface area contributed by atoms with E-state index in [-0.39, 0.29) is 5.91 Å². The van der Waals surface area contributed by atoms with Gasteiger partial charge in [0.2, 0.25) is 0 Å². The van der Waals surface area contributed by atoms with Crippen LogP contribution in [-0.2, 0) is 0 Å². The van der Waals surface area contributed by atoms with Gasteiger partial charge in [0.15, 0.2) is 11.6 Å². The van der Waals surface area contributed by atoms with Crippen LogP contribution in [-0.4, -0.2) is 38.2 Å². The molecule has 0 unspecified atom stereocenters. The summed E-state index contributed by atoms with van der Waals surface area (Å²) in [7, 11) is 1.65. The van der Waals surface area contributed by atoms with E-state index < -0.39 is 0 Å². The number of carbonyl (C=O) groups excluding carboxylic acids is 1. The van der Waals surface area contributed by atoms with E-state index in [0.717, 1.165) is 38.3 Å². The van der Waals surface area contributed by atoms with E-state index in [1.807, 2.05) is 55.5 Å². The summed E-state index contributed by atoms with van der Waals surface area (Å²) in [6.45, 7) is 1.98. The van der Waals surface area contributed by atoms with E-state index in [0.29, 0.717) is 28.4 Å². The van der Waals surface area contributed by atoms with Crippen LogP contribution in [0.2, 0.25) is 0 Å². The van der Waals surface area contributed by atoms with Crippen LogP contribution < -0.4 is 15.4 Å². The zero-order valence-corrected chi connectivity index (χ0v) is 20.8. The Bertz CT molecular complexity index is 1780. The number of aryl methyl sites for hydroxylation is 1. The van der Waals surface area contributed by atoms with Gasteiger partial charge >= 0.3 is 0 Å². The number of benzene rings is 3. The van der Waals surface area contributed by atoms with Gasteiger partial charge in [-0.05, 0) is 61.0 Å². The van der Waals surface area contributed by atoms with E-state index in [1.165, 1.54) is 11.3 Å². The Morgan fingerprint density at radius 2 is 1.92 bits per heavy atom. The molecule has 3 heterocycles. The molecular formula is C27H21N7O2S. The van der Waals surface area contributed by atoms with Gasteiger partial charge < -0.3 is 15.4 Å². The first-order valence-corrected chi connectivity index (χ1v) is 12.3. The topological polar surface area (TPSA) is 118 Å². The van der Waals surface area contributed by atoms with Crippen LogP contribution in [0.15, 0.2) is 72.4 Å². The molecule has 0 saturated carbocycles. The zero-order valence-electron chi connectivity index (χ0n) is 19.9. The maximum Gasteiger partial charge on any atom is 0.255 e. The average molecular weight is 508 g/mol. The van der Waals surface area contributed by atoms with Gasteiger partial charge in [0.25, 0.3) is 5.91 Å². The minimum Gasteiger partial charge on any atom is -0.496 e. The second kappa shape index (κ2) is 9.32. The molecule has 3 aromatic carbocycles. The highest BCUT2D eigenvalue weighted by molar-refractivity contribution is 7.16. The van der Waals surface area contributed by atoms with Crippen molar-refractivity contribution in [3.05, 3.63) is 83.5 Å². The number of fused-ring (bicyclic) bond motifs is 2. The summed E-state index contributed by atoms with van der Waals surface area (Å²) in [4.78, 5) is 27.7. The van der Waals surface area contributed by atoms with Gasteiger partial charge in [-0.2, -0.15) is 5.10 Å². The minimum absolute atomic E-state index is 0.226. The summed E-state index contributed by atoms with van der Waals surface area (Å²) in [6.07, 6.45) is 1.72. The van der Waals surface area contributed by atoms with Gasteiger partial charge in [-0.15, -0.1) is 11.3 Å². The number of rotatable bonds is 6. The lowest BCUT2D eigenvalue weighted by atomic mass is 10.1. The van der Waals surface area contributed by atoms with Gasteiger partial charge in [0.05, 0.1) is 24.3 Å². The van der Waals surface area contributed by atoms with Crippen molar-refractivity contribution >= 4 is 55.7 Å². The fraction of sp³-hybridized carbons (Fsp3) is 0.0741. The molecule has 0 saturated heterocycles. The summed E-state index contributed by atoms with van der Waals surface area (Å²) in [5.74, 6) is 1.68. The van der Waals surface area contributed by atoms with Crippen LogP contribution in [0.3, 0.4) is 0 Å². The molecule has 37 heavy (non-hydrogen) atoms. The number of hydrogen-bond acceptors (Lipinski definition) is 8. The van der Waals surface area contributed by atoms with Gasteiger partial charge in [-0.25, -0.2) is 15.0 Å². The van der Waals surface area contributed by atoms with Gasteiger partial charge in [0.1, 0.15) is 16.1 Å². The maximum atomic E-state index is 13.0. The normalized spacial score (nSPS) is 11.1. The molecule has 6 aromatic rings. The third-order valence-electron chi connectivity index (χ3n) is 5.94. The number of ether oxygens (including phenoxy) is 1. The molecule has 3 N–H and O–H groups in total. The Kier molecular flexibility index (Phi) is 5.70. The Morgan fingerprint density at radius 3 is 2.78 bits per heavy atom. The van der Waals surface area contributed by atoms with Crippen LogP contribution >= 0.6 is 11.3 Å². The van der Waals surface area contributed by atoms with Crippen LogP contribution in [0, 0.1) is 6.92 Å². The summed E-state index contributed by atoms with van der Waals surface area (Å²) in [5, 5.41) is 14.2. The highest BCUT2D eigenvalue weighted by Crippen LogP contribution is 2.30. The summed E-state index contributed by atoms with van der Waals surface area (Å²) < 4.78 is 5.37. The molecule has 0 bridgehead atoms. The zero-order chi connectivity index (χ0) is 25.4. The summed E-state index contributed by atoms with van der Waals surface area (Å²) in [6, 6.07) is 18.7. The summed E-state index contributed by atoms with van der Waals surface area (Å²) >= 11 is 1.43. The van der Waals surface area contributed by atoms with Crippen molar-refractivity contribution in [3.8, 4) is 17.1 Å². The van der Waals surface area contributed by atoms with E-state index in [1.54, 1.807) is 30.9 Å². The third kappa shape index (κ3) is 4.45. The van der Waals surface area contributed by atoms with E-state index in [2.05, 4.69) is 25.8 Å². The second-order valence-electron chi connectivity index (χ2n) is 8.42. The number of nitrogens with one attached hydrogen (secondary N) is 3. The Labute approximate surface area is 215 Å². The van der Waals surface area contributed by atoms with Crippen molar-refractivity contribution in [2.75, 3.05) is 17.7 Å². The number of aromatic nitrogens is 5. The molecule has 9 nitrogen and oxygen atoms in total. The Balaban J connectivity index is 1.31. The molecule has 0 spiro atoms. The molecule has 0 atom stereocenters. The molecule has 182 valence electrons. The molecule has 0 aliphatic carbocycles. The molecule has 0 aliphatic heterocycles. The third-order valence-corrected chi connectivity index (χ3v) is 6.66. The van der Waals surface area contributed by atoms with E-state index in [9.17, 15) is 4.79 Å². The van der Waals surface area contributed by atoms with Gasteiger partial charge in [-0.3, -0.25) is 9.89 Å². The number of hydrogen-bond donors (Lipinski definition) is 3. The monoisotopic (exact) mass is 507 g/mol. The standard InChI is InChI=1S/C27H21N7O2S/c1-15-10-19(7-9-22(15)36-2)30-25-23-27(37-14-28-23)33-24(32-25)16-4-3-5-17(11-16)26(35)31-20-6-8-21-18(12-20)13-29-34-21/h3-14H,1-2H3,(H,29,34)(H,31,35)(H,30,32,33). The van der Waals surface area contributed by atoms with Crippen molar-refractivity contribution in [1.82, 2.24) is 25.1 Å². The van der Waals surface area contributed by atoms with E-state index >= 15 is 0 Å². The highest BCUT2D eigenvalue weighted by Gasteiger charge is 2.15. The molecule has 1 amide bonds.